The van der Waals surface area contributed by atoms with Gasteiger partial charge in [0.25, 0.3) is 5.56 Å². The molecule has 0 unspecified atom stereocenters. The zero-order chi connectivity index (χ0) is 21.7. The SMILES string of the molecule is CCn1nc(-c2ccsc2)c(C(=O)OCCC(N)=O)c(Nc2cnccc2C)c1=O. The Hall–Kier alpha value is -3.53. The van der Waals surface area contributed by atoms with Gasteiger partial charge in [0.1, 0.15) is 23.6 Å². The Kier molecular flexibility index (Phi) is 6.58. The molecule has 0 aliphatic heterocycles. The maximum absolute atomic E-state index is 13.1. The lowest BCUT2D eigenvalue weighted by atomic mass is 10.1. The first-order chi connectivity index (χ1) is 14.4. The van der Waals surface area contributed by atoms with Crippen LogP contribution in [0.2, 0.25) is 0 Å². The highest BCUT2D eigenvalue weighted by atomic mass is 32.1. The number of esters is 1. The molecule has 3 aromatic rings. The molecule has 3 N–H and O–H groups in total. The molecule has 3 heterocycles. The van der Waals surface area contributed by atoms with Crippen LogP contribution in [0.15, 0.2) is 40.1 Å². The monoisotopic (exact) mass is 427 g/mol. The molecule has 10 heteroatoms. The van der Waals surface area contributed by atoms with E-state index in [1.807, 2.05) is 17.7 Å². The Bertz CT molecular complexity index is 1120. The van der Waals surface area contributed by atoms with E-state index in [-0.39, 0.29) is 24.3 Å². The molecule has 0 fully saturated rings. The number of nitrogens with two attached hydrogens (primary N) is 1. The maximum atomic E-state index is 13.1. The van der Waals surface area contributed by atoms with Gasteiger partial charge < -0.3 is 15.8 Å². The van der Waals surface area contributed by atoms with Crippen LogP contribution in [0.5, 0.6) is 0 Å². The van der Waals surface area contributed by atoms with Crippen LogP contribution in [-0.4, -0.2) is 33.2 Å². The summed E-state index contributed by atoms with van der Waals surface area (Å²) < 4.78 is 6.51. The zero-order valence-electron chi connectivity index (χ0n) is 16.5. The number of nitrogens with one attached hydrogen (secondary N) is 1. The summed E-state index contributed by atoms with van der Waals surface area (Å²) in [6.45, 7) is 3.76. The van der Waals surface area contributed by atoms with Crippen LogP contribution in [0, 0.1) is 6.92 Å². The van der Waals surface area contributed by atoms with Crippen molar-refractivity contribution >= 4 is 34.6 Å². The number of pyridine rings is 1. The van der Waals surface area contributed by atoms with E-state index >= 15 is 0 Å². The fraction of sp³-hybridized carbons (Fsp3) is 0.250. The van der Waals surface area contributed by atoms with Gasteiger partial charge in [0, 0.05) is 23.7 Å². The Balaban J connectivity index is 2.18. The second-order valence-corrected chi connectivity index (χ2v) is 7.18. The number of hydrogen-bond acceptors (Lipinski definition) is 8. The highest BCUT2D eigenvalue weighted by Crippen LogP contribution is 2.29. The first-order valence-electron chi connectivity index (χ1n) is 9.23. The molecule has 1 amide bonds. The smallest absolute Gasteiger partial charge is 0.342 e. The molecule has 3 aromatic heterocycles. The number of amides is 1. The predicted octanol–water partition coefficient (Wildman–Crippen LogP) is 2.47. The van der Waals surface area contributed by atoms with Crippen molar-refractivity contribution in [1.29, 1.82) is 0 Å². The number of aromatic nitrogens is 3. The summed E-state index contributed by atoms with van der Waals surface area (Å²) in [7, 11) is 0. The Morgan fingerprint density at radius 1 is 1.33 bits per heavy atom. The predicted molar refractivity (Wildman–Crippen MR) is 114 cm³/mol. The molecule has 0 aliphatic carbocycles. The summed E-state index contributed by atoms with van der Waals surface area (Å²) in [5.74, 6) is -1.36. The lowest BCUT2D eigenvalue weighted by Gasteiger charge is -2.17. The van der Waals surface area contributed by atoms with Gasteiger partial charge in [-0.25, -0.2) is 9.48 Å². The van der Waals surface area contributed by atoms with Crippen molar-refractivity contribution in [1.82, 2.24) is 14.8 Å². The number of carbonyl (C=O) groups excluding carboxylic acids is 2. The van der Waals surface area contributed by atoms with Crippen LogP contribution in [-0.2, 0) is 16.1 Å². The average molecular weight is 427 g/mol. The number of anilines is 2. The summed E-state index contributed by atoms with van der Waals surface area (Å²) in [6.07, 6.45) is 3.08. The standard InChI is InChI=1S/C20H21N5O4S/c1-3-25-19(27)18(23-14-10-22-7-4-12(14)2)16(20(28)29-8-5-15(21)26)17(24-25)13-6-9-30-11-13/h4,6-7,9-11,23H,3,5,8H2,1-2H3,(H2,21,26). The highest BCUT2D eigenvalue weighted by Gasteiger charge is 2.26. The van der Waals surface area contributed by atoms with Gasteiger partial charge in [-0.1, -0.05) is 0 Å². The zero-order valence-corrected chi connectivity index (χ0v) is 17.4. The van der Waals surface area contributed by atoms with Crippen molar-refractivity contribution in [2.75, 3.05) is 11.9 Å². The lowest BCUT2D eigenvalue weighted by Crippen LogP contribution is -2.29. The summed E-state index contributed by atoms with van der Waals surface area (Å²) in [6, 6.07) is 3.59. The number of primary amides is 1. The first-order valence-corrected chi connectivity index (χ1v) is 10.2. The molecule has 156 valence electrons. The number of ether oxygens (including phenoxy) is 1. The molecule has 0 bridgehead atoms. The summed E-state index contributed by atoms with van der Waals surface area (Å²) in [5.41, 5.74) is 7.09. The van der Waals surface area contributed by atoms with Gasteiger partial charge in [0.2, 0.25) is 5.91 Å². The highest BCUT2D eigenvalue weighted by molar-refractivity contribution is 7.08. The second-order valence-electron chi connectivity index (χ2n) is 6.40. The Morgan fingerprint density at radius 3 is 2.77 bits per heavy atom. The number of thiophene rings is 1. The van der Waals surface area contributed by atoms with E-state index in [0.29, 0.717) is 23.5 Å². The van der Waals surface area contributed by atoms with Crippen molar-refractivity contribution in [2.45, 2.75) is 26.8 Å². The van der Waals surface area contributed by atoms with Gasteiger partial charge in [-0.05, 0) is 36.9 Å². The molecule has 0 saturated heterocycles. The number of carbonyl (C=O) groups is 2. The normalized spacial score (nSPS) is 10.6. The van der Waals surface area contributed by atoms with Gasteiger partial charge in [0.15, 0.2) is 0 Å². The van der Waals surface area contributed by atoms with E-state index in [2.05, 4.69) is 15.4 Å². The van der Waals surface area contributed by atoms with Crippen LogP contribution in [0.3, 0.4) is 0 Å². The minimum absolute atomic E-state index is 0.00387. The fourth-order valence-corrected chi connectivity index (χ4v) is 3.39. The molecule has 9 nitrogen and oxygen atoms in total. The average Bonchev–Trinajstić information content (AvgIpc) is 3.25. The van der Waals surface area contributed by atoms with E-state index in [1.165, 1.54) is 16.0 Å². The fourth-order valence-electron chi connectivity index (χ4n) is 2.75. The molecule has 0 aliphatic rings. The van der Waals surface area contributed by atoms with E-state index in [9.17, 15) is 14.4 Å². The third kappa shape index (κ3) is 4.54. The summed E-state index contributed by atoms with van der Waals surface area (Å²) in [4.78, 5) is 41.1. The van der Waals surface area contributed by atoms with Crippen LogP contribution >= 0.6 is 11.3 Å². The Labute approximate surface area is 176 Å². The Morgan fingerprint density at radius 2 is 2.13 bits per heavy atom. The summed E-state index contributed by atoms with van der Waals surface area (Å²) in [5, 5.41) is 11.1. The van der Waals surface area contributed by atoms with Gasteiger partial charge in [0.05, 0.1) is 18.3 Å². The molecule has 30 heavy (non-hydrogen) atoms. The van der Waals surface area contributed by atoms with Crippen molar-refractivity contribution in [2.24, 2.45) is 5.73 Å². The first kappa shape index (κ1) is 21.2. The van der Waals surface area contributed by atoms with Crippen LogP contribution in [0.1, 0.15) is 29.3 Å². The number of rotatable bonds is 8. The van der Waals surface area contributed by atoms with Crippen LogP contribution < -0.4 is 16.6 Å². The maximum Gasteiger partial charge on any atom is 0.342 e. The van der Waals surface area contributed by atoms with E-state index in [0.717, 1.165) is 5.56 Å². The third-order valence-corrected chi connectivity index (χ3v) is 5.02. The van der Waals surface area contributed by atoms with Gasteiger partial charge in [-0.3, -0.25) is 14.6 Å². The van der Waals surface area contributed by atoms with E-state index in [1.54, 1.807) is 31.5 Å². The number of aryl methyl sites for hydroxylation is 2. The second kappa shape index (κ2) is 9.31. The quantitative estimate of drug-likeness (QED) is 0.528. The third-order valence-electron chi connectivity index (χ3n) is 4.33. The van der Waals surface area contributed by atoms with Crippen molar-refractivity contribution in [3.05, 3.63) is 56.8 Å². The molecule has 0 atom stereocenters. The molecule has 3 rings (SSSR count). The van der Waals surface area contributed by atoms with Crippen LogP contribution in [0.4, 0.5) is 11.4 Å². The van der Waals surface area contributed by atoms with E-state index < -0.39 is 17.4 Å². The number of hydrogen-bond donors (Lipinski definition) is 2. The lowest BCUT2D eigenvalue weighted by molar-refractivity contribution is -0.118. The van der Waals surface area contributed by atoms with Crippen molar-refractivity contribution in [3.63, 3.8) is 0 Å². The molecule has 0 radical (unpaired) electrons. The molecular weight excluding hydrogens is 406 g/mol. The minimum Gasteiger partial charge on any atom is -0.461 e. The van der Waals surface area contributed by atoms with Gasteiger partial charge in [-0.2, -0.15) is 16.4 Å². The van der Waals surface area contributed by atoms with Crippen molar-refractivity contribution in [3.8, 4) is 11.3 Å². The van der Waals surface area contributed by atoms with Crippen molar-refractivity contribution < 1.29 is 14.3 Å². The topological polar surface area (TPSA) is 129 Å². The van der Waals surface area contributed by atoms with Crippen LogP contribution in [0.25, 0.3) is 11.3 Å². The number of nitrogens with zero attached hydrogens (tertiary/aromatic N) is 3. The molecule has 0 saturated carbocycles. The molecular formula is C20H21N5O4S. The minimum atomic E-state index is -0.769. The molecule has 0 aromatic carbocycles. The van der Waals surface area contributed by atoms with Gasteiger partial charge in [-0.15, -0.1) is 0 Å². The molecule has 0 spiro atoms. The largest absolute Gasteiger partial charge is 0.461 e. The summed E-state index contributed by atoms with van der Waals surface area (Å²) >= 11 is 1.44. The van der Waals surface area contributed by atoms with E-state index in [4.69, 9.17) is 10.5 Å². The van der Waals surface area contributed by atoms with Gasteiger partial charge >= 0.3 is 5.97 Å².